The van der Waals surface area contributed by atoms with E-state index in [0.717, 1.165) is 19.3 Å². The standard InChI is InChI=1S/C19H22N2O3S/c1-15-7-5-6-14-21(15)25(23,24)18-12-10-16(11-13-18)19(22)20-17-8-3-2-4-9-17/h2-4,8-13,15H,5-7,14H2,1H3,(H,20,22)/t15-/m1/s1. The fraction of sp³-hybridized carbons (Fsp3) is 0.316. The molecule has 0 spiro atoms. The summed E-state index contributed by atoms with van der Waals surface area (Å²) in [7, 11) is -3.51. The molecule has 1 amide bonds. The molecule has 1 aliphatic rings. The van der Waals surface area contributed by atoms with Gasteiger partial charge in [-0.2, -0.15) is 4.31 Å². The Morgan fingerprint density at radius 2 is 1.72 bits per heavy atom. The zero-order chi connectivity index (χ0) is 17.9. The van der Waals surface area contributed by atoms with Gasteiger partial charge in [0.15, 0.2) is 0 Å². The average Bonchev–Trinajstić information content (AvgIpc) is 2.63. The van der Waals surface area contributed by atoms with Crippen LogP contribution in [-0.2, 0) is 10.0 Å². The maximum atomic E-state index is 12.8. The molecule has 1 heterocycles. The number of hydrogen-bond acceptors (Lipinski definition) is 3. The zero-order valence-electron chi connectivity index (χ0n) is 14.2. The SMILES string of the molecule is C[C@@H]1CCCCN1S(=O)(=O)c1ccc(C(=O)Nc2ccccc2)cc1. The van der Waals surface area contributed by atoms with Crippen LogP contribution in [-0.4, -0.2) is 31.2 Å². The van der Waals surface area contributed by atoms with E-state index in [0.29, 0.717) is 17.8 Å². The number of sulfonamides is 1. The number of nitrogens with zero attached hydrogens (tertiary/aromatic N) is 1. The number of hydrogen-bond donors (Lipinski definition) is 1. The van der Waals surface area contributed by atoms with E-state index < -0.39 is 10.0 Å². The van der Waals surface area contributed by atoms with Crippen LogP contribution < -0.4 is 5.32 Å². The first-order valence-electron chi connectivity index (χ1n) is 8.47. The fourth-order valence-electron chi connectivity index (χ4n) is 3.07. The van der Waals surface area contributed by atoms with Crippen LogP contribution in [0.1, 0.15) is 36.5 Å². The summed E-state index contributed by atoms with van der Waals surface area (Å²) in [6.45, 7) is 2.50. The highest BCUT2D eigenvalue weighted by Crippen LogP contribution is 2.25. The van der Waals surface area contributed by atoms with E-state index in [1.165, 1.54) is 12.1 Å². The summed E-state index contributed by atoms with van der Waals surface area (Å²) in [4.78, 5) is 12.5. The van der Waals surface area contributed by atoms with Crippen molar-refractivity contribution >= 4 is 21.6 Å². The predicted octanol–water partition coefficient (Wildman–Crippen LogP) is 3.50. The monoisotopic (exact) mass is 358 g/mol. The molecule has 1 N–H and O–H groups in total. The molecule has 5 nitrogen and oxygen atoms in total. The van der Waals surface area contributed by atoms with Crippen molar-refractivity contribution in [2.45, 2.75) is 37.1 Å². The van der Waals surface area contributed by atoms with Crippen molar-refractivity contribution in [1.82, 2.24) is 4.31 Å². The fourth-order valence-corrected chi connectivity index (χ4v) is 4.77. The van der Waals surface area contributed by atoms with E-state index in [1.54, 1.807) is 28.6 Å². The number of carbonyl (C=O) groups is 1. The molecule has 0 aromatic heterocycles. The Morgan fingerprint density at radius 1 is 1.04 bits per heavy atom. The highest BCUT2D eigenvalue weighted by Gasteiger charge is 2.30. The summed E-state index contributed by atoms with van der Waals surface area (Å²) in [6, 6.07) is 15.3. The van der Waals surface area contributed by atoms with E-state index in [4.69, 9.17) is 0 Å². The quantitative estimate of drug-likeness (QED) is 0.910. The van der Waals surface area contributed by atoms with Crippen LogP contribution in [0.3, 0.4) is 0 Å². The number of rotatable bonds is 4. The van der Waals surface area contributed by atoms with Gasteiger partial charge in [-0.15, -0.1) is 0 Å². The second-order valence-corrected chi connectivity index (χ2v) is 8.20. The Kier molecular flexibility index (Phi) is 5.20. The lowest BCUT2D eigenvalue weighted by Crippen LogP contribution is -2.41. The van der Waals surface area contributed by atoms with Gasteiger partial charge < -0.3 is 5.32 Å². The van der Waals surface area contributed by atoms with Crippen LogP contribution in [0.4, 0.5) is 5.69 Å². The van der Waals surface area contributed by atoms with Crippen molar-refractivity contribution in [3.8, 4) is 0 Å². The Labute approximate surface area is 148 Å². The first-order valence-corrected chi connectivity index (χ1v) is 9.91. The van der Waals surface area contributed by atoms with Gasteiger partial charge in [-0.1, -0.05) is 24.6 Å². The van der Waals surface area contributed by atoms with Gasteiger partial charge in [0.1, 0.15) is 0 Å². The molecular formula is C19H22N2O3S. The summed E-state index contributed by atoms with van der Waals surface area (Å²) in [5, 5.41) is 2.79. The molecule has 1 aliphatic heterocycles. The van der Waals surface area contributed by atoms with Gasteiger partial charge in [0, 0.05) is 23.8 Å². The van der Waals surface area contributed by atoms with Gasteiger partial charge in [0.2, 0.25) is 10.0 Å². The van der Waals surface area contributed by atoms with Crippen LogP contribution in [0.5, 0.6) is 0 Å². The number of carbonyl (C=O) groups excluding carboxylic acids is 1. The molecule has 1 saturated heterocycles. The van der Waals surface area contributed by atoms with Gasteiger partial charge in [-0.05, 0) is 56.2 Å². The minimum absolute atomic E-state index is 0.0137. The predicted molar refractivity (Wildman–Crippen MR) is 98.0 cm³/mol. The first kappa shape index (κ1) is 17.6. The first-order chi connectivity index (χ1) is 12.0. The molecule has 2 aromatic rings. The Morgan fingerprint density at radius 3 is 2.36 bits per heavy atom. The lowest BCUT2D eigenvalue weighted by Gasteiger charge is -2.32. The molecule has 0 aliphatic carbocycles. The second kappa shape index (κ2) is 7.37. The minimum Gasteiger partial charge on any atom is -0.322 e. The van der Waals surface area contributed by atoms with E-state index >= 15 is 0 Å². The summed E-state index contributed by atoms with van der Waals surface area (Å²) in [5.74, 6) is -0.263. The third kappa shape index (κ3) is 3.91. The molecule has 0 bridgehead atoms. The number of nitrogens with one attached hydrogen (secondary N) is 1. The van der Waals surface area contributed by atoms with Crippen LogP contribution in [0, 0.1) is 0 Å². The minimum atomic E-state index is -3.51. The summed E-state index contributed by atoms with van der Waals surface area (Å²) in [6.07, 6.45) is 2.84. The number of benzene rings is 2. The maximum Gasteiger partial charge on any atom is 0.255 e. The lowest BCUT2D eigenvalue weighted by molar-refractivity contribution is 0.102. The van der Waals surface area contributed by atoms with Crippen molar-refractivity contribution in [1.29, 1.82) is 0 Å². The van der Waals surface area contributed by atoms with Crippen molar-refractivity contribution in [2.24, 2.45) is 0 Å². The van der Waals surface area contributed by atoms with Crippen molar-refractivity contribution < 1.29 is 13.2 Å². The molecule has 0 radical (unpaired) electrons. The Hall–Kier alpha value is -2.18. The van der Waals surface area contributed by atoms with Crippen molar-refractivity contribution in [2.75, 3.05) is 11.9 Å². The molecule has 2 aromatic carbocycles. The molecule has 6 heteroatoms. The molecular weight excluding hydrogens is 336 g/mol. The molecule has 132 valence electrons. The number of amides is 1. The maximum absolute atomic E-state index is 12.8. The van der Waals surface area contributed by atoms with E-state index in [9.17, 15) is 13.2 Å². The van der Waals surface area contributed by atoms with E-state index in [2.05, 4.69) is 5.32 Å². The summed E-state index contributed by atoms with van der Waals surface area (Å²) in [5.41, 5.74) is 1.13. The third-order valence-corrected chi connectivity index (χ3v) is 6.52. The molecule has 1 atom stereocenters. The van der Waals surface area contributed by atoms with Gasteiger partial charge >= 0.3 is 0 Å². The van der Waals surface area contributed by atoms with Gasteiger partial charge in [-0.25, -0.2) is 8.42 Å². The smallest absolute Gasteiger partial charge is 0.255 e. The molecule has 0 saturated carbocycles. The van der Waals surface area contributed by atoms with Crippen molar-refractivity contribution in [3.05, 3.63) is 60.2 Å². The van der Waals surface area contributed by atoms with Crippen LogP contribution in [0.25, 0.3) is 0 Å². The zero-order valence-corrected chi connectivity index (χ0v) is 15.0. The average molecular weight is 358 g/mol. The third-order valence-electron chi connectivity index (χ3n) is 4.50. The van der Waals surface area contributed by atoms with Crippen LogP contribution >= 0.6 is 0 Å². The number of anilines is 1. The lowest BCUT2D eigenvalue weighted by atomic mass is 10.1. The van der Waals surface area contributed by atoms with Gasteiger partial charge in [0.05, 0.1) is 4.90 Å². The topological polar surface area (TPSA) is 66.5 Å². The molecule has 1 fully saturated rings. The second-order valence-electron chi connectivity index (χ2n) is 6.31. The van der Waals surface area contributed by atoms with Crippen molar-refractivity contribution in [3.63, 3.8) is 0 Å². The Balaban J connectivity index is 1.76. The number of piperidine rings is 1. The summed E-state index contributed by atoms with van der Waals surface area (Å²) >= 11 is 0. The summed E-state index contributed by atoms with van der Waals surface area (Å²) < 4.78 is 27.2. The highest BCUT2D eigenvalue weighted by atomic mass is 32.2. The van der Waals surface area contributed by atoms with Gasteiger partial charge in [-0.3, -0.25) is 4.79 Å². The molecule has 0 unspecified atom stereocenters. The van der Waals surface area contributed by atoms with Gasteiger partial charge in [0.25, 0.3) is 5.91 Å². The normalized spacial score (nSPS) is 18.7. The molecule has 25 heavy (non-hydrogen) atoms. The van der Waals surface area contributed by atoms with Crippen LogP contribution in [0.15, 0.2) is 59.5 Å². The number of para-hydroxylation sites is 1. The van der Waals surface area contributed by atoms with E-state index in [-0.39, 0.29) is 16.8 Å². The Bertz CT molecular complexity index is 833. The molecule has 3 rings (SSSR count). The van der Waals surface area contributed by atoms with E-state index in [1.807, 2.05) is 25.1 Å². The highest BCUT2D eigenvalue weighted by molar-refractivity contribution is 7.89. The van der Waals surface area contributed by atoms with Crippen LogP contribution in [0.2, 0.25) is 0 Å². The largest absolute Gasteiger partial charge is 0.322 e.